The summed E-state index contributed by atoms with van der Waals surface area (Å²) < 4.78 is 0. The number of anilines is 1. The van der Waals surface area contributed by atoms with Crippen LogP contribution >= 0.6 is 34.8 Å². The zero-order valence-corrected chi connectivity index (χ0v) is 10.4. The van der Waals surface area contributed by atoms with Gasteiger partial charge in [-0.05, 0) is 24.3 Å². The highest BCUT2D eigenvalue weighted by Crippen LogP contribution is 2.37. The highest BCUT2D eigenvalue weighted by atomic mass is 35.5. The van der Waals surface area contributed by atoms with Crippen LogP contribution in [0.25, 0.3) is 11.1 Å². The average molecular weight is 273 g/mol. The molecular formula is C12H8Cl3N. The summed E-state index contributed by atoms with van der Waals surface area (Å²) in [6.07, 6.45) is 0. The van der Waals surface area contributed by atoms with Crippen molar-refractivity contribution in [3.63, 3.8) is 0 Å². The van der Waals surface area contributed by atoms with Crippen molar-refractivity contribution < 1.29 is 0 Å². The Morgan fingerprint density at radius 3 is 2.38 bits per heavy atom. The molecule has 0 aromatic heterocycles. The minimum absolute atomic E-state index is 0.484. The van der Waals surface area contributed by atoms with E-state index in [-0.39, 0.29) is 0 Å². The number of hydrogen-bond donors (Lipinski definition) is 1. The first-order chi connectivity index (χ1) is 7.59. The van der Waals surface area contributed by atoms with Gasteiger partial charge in [-0.1, -0.05) is 46.9 Å². The minimum atomic E-state index is 0.484. The van der Waals surface area contributed by atoms with Crippen LogP contribution in [0.3, 0.4) is 0 Å². The Morgan fingerprint density at radius 1 is 0.875 bits per heavy atom. The number of benzene rings is 2. The lowest BCUT2D eigenvalue weighted by molar-refractivity contribution is 1.61. The zero-order chi connectivity index (χ0) is 11.7. The molecule has 0 atom stereocenters. The van der Waals surface area contributed by atoms with Crippen LogP contribution in [0, 0.1) is 0 Å². The third-order valence-electron chi connectivity index (χ3n) is 2.26. The molecule has 0 heterocycles. The van der Waals surface area contributed by atoms with Crippen LogP contribution in [0.4, 0.5) is 5.69 Å². The van der Waals surface area contributed by atoms with Crippen molar-refractivity contribution in [1.29, 1.82) is 0 Å². The molecule has 4 heteroatoms. The Kier molecular flexibility index (Phi) is 3.29. The van der Waals surface area contributed by atoms with E-state index in [2.05, 4.69) is 0 Å². The van der Waals surface area contributed by atoms with Crippen LogP contribution < -0.4 is 5.73 Å². The smallest absolute Gasteiger partial charge is 0.0671 e. The molecule has 0 radical (unpaired) electrons. The second kappa shape index (κ2) is 4.54. The van der Waals surface area contributed by atoms with Gasteiger partial charge < -0.3 is 5.73 Å². The van der Waals surface area contributed by atoms with Crippen molar-refractivity contribution in [3.05, 3.63) is 51.5 Å². The van der Waals surface area contributed by atoms with Gasteiger partial charge in [0.2, 0.25) is 0 Å². The van der Waals surface area contributed by atoms with Gasteiger partial charge in [0, 0.05) is 21.8 Å². The molecule has 16 heavy (non-hydrogen) atoms. The first-order valence-electron chi connectivity index (χ1n) is 4.59. The molecule has 0 saturated carbocycles. The third kappa shape index (κ3) is 2.12. The quantitative estimate of drug-likeness (QED) is 0.734. The van der Waals surface area contributed by atoms with Crippen LogP contribution in [-0.4, -0.2) is 0 Å². The Bertz CT molecular complexity index is 538. The summed E-state index contributed by atoms with van der Waals surface area (Å²) in [6.45, 7) is 0. The Labute approximate surface area is 109 Å². The van der Waals surface area contributed by atoms with E-state index >= 15 is 0 Å². The van der Waals surface area contributed by atoms with Crippen molar-refractivity contribution in [2.24, 2.45) is 0 Å². The maximum Gasteiger partial charge on any atom is 0.0671 e. The highest BCUT2D eigenvalue weighted by Gasteiger charge is 2.09. The van der Waals surface area contributed by atoms with Gasteiger partial charge in [0.15, 0.2) is 0 Å². The summed E-state index contributed by atoms with van der Waals surface area (Å²) in [5.74, 6) is 0. The molecule has 0 amide bonds. The topological polar surface area (TPSA) is 26.0 Å². The van der Waals surface area contributed by atoms with Gasteiger partial charge in [-0.15, -0.1) is 0 Å². The van der Waals surface area contributed by atoms with Gasteiger partial charge in [-0.25, -0.2) is 0 Å². The van der Waals surface area contributed by atoms with Crippen LogP contribution in [0.2, 0.25) is 15.1 Å². The van der Waals surface area contributed by atoms with E-state index < -0.39 is 0 Å². The minimum Gasteiger partial charge on any atom is -0.398 e. The Hall–Kier alpha value is -0.890. The van der Waals surface area contributed by atoms with Crippen molar-refractivity contribution in [1.82, 2.24) is 0 Å². The maximum absolute atomic E-state index is 6.12. The first-order valence-corrected chi connectivity index (χ1v) is 5.72. The fourth-order valence-corrected chi connectivity index (χ4v) is 2.05. The summed E-state index contributed by atoms with van der Waals surface area (Å²) in [7, 11) is 0. The molecule has 0 saturated heterocycles. The lowest BCUT2D eigenvalue weighted by Gasteiger charge is -2.09. The molecule has 0 bridgehead atoms. The second-order valence-electron chi connectivity index (χ2n) is 3.33. The lowest BCUT2D eigenvalue weighted by Crippen LogP contribution is -1.90. The van der Waals surface area contributed by atoms with E-state index in [9.17, 15) is 0 Å². The molecule has 0 aliphatic heterocycles. The van der Waals surface area contributed by atoms with Gasteiger partial charge in [-0.3, -0.25) is 0 Å². The Balaban J connectivity index is 2.67. The van der Waals surface area contributed by atoms with Crippen molar-refractivity contribution in [3.8, 4) is 11.1 Å². The molecule has 2 rings (SSSR count). The van der Waals surface area contributed by atoms with E-state index in [4.69, 9.17) is 40.5 Å². The van der Waals surface area contributed by atoms with Gasteiger partial charge >= 0.3 is 0 Å². The average Bonchev–Trinajstić information content (AvgIpc) is 2.26. The van der Waals surface area contributed by atoms with E-state index in [0.29, 0.717) is 20.8 Å². The van der Waals surface area contributed by atoms with Crippen molar-refractivity contribution in [2.45, 2.75) is 0 Å². The molecule has 0 fully saturated rings. The van der Waals surface area contributed by atoms with Gasteiger partial charge in [0.25, 0.3) is 0 Å². The predicted octanol–water partition coefficient (Wildman–Crippen LogP) is 4.90. The fraction of sp³-hybridized carbons (Fsp3) is 0. The van der Waals surface area contributed by atoms with Crippen LogP contribution in [0.15, 0.2) is 36.4 Å². The molecule has 82 valence electrons. The summed E-state index contributed by atoms with van der Waals surface area (Å²) >= 11 is 18.0. The second-order valence-corrected chi connectivity index (χ2v) is 4.55. The standard InChI is InChI=1S/C12H8Cl3N/c13-7-4-5-11(16)9(6-7)8-2-1-3-10(14)12(8)15/h1-6H,16H2. The monoisotopic (exact) mass is 271 g/mol. The predicted molar refractivity (Wildman–Crippen MR) is 71.3 cm³/mol. The fourth-order valence-electron chi connectivity index (χ4n) is 1.47. The zero-order valence-electron chi connectivity index (χ0n) is 8.18. The summed E-state index contributed by atoms with van der Waals surface area (Å²) in [6, 6.07) is 10.7. The van der Waals surface area contributed by atoms with E-state index in [1.807, 2.05) is 12.1 Å². The molecule has 1 nitrogen and oxygen atoms in total. The largest absolute Gasteiger partial charge is 0.398 e. The number of halogens is 3. The number of hydrogen-bond acceptors (Lipinski definition) is 1. The summed E-state index contributed by atoms with van der Waals surface area (Å²) in [5.41, 5.74) is 8.08. The van der Waals surface area contributed by atoms with E-state index in [1.165, 1.54) is 0 Å². The first kappa shape index (κ1) is 11.6. The Morgan fingerprint density at radius 2 is 1.62 bits per heavy atom. The van der Waals surface area contributed by atoms with Gasteiger partial charge in [0.05, 0.1) is 10.0 Å². The molecule has 2 N–H and O–H groups in total. The van der Waals surface area contributed by atoms with Crippen molar-refractivity contribution in [2.75, 3.05) is 5.73 Å². The molecule has 2 aromatic carbocycles. The third-order valence-corrected chi connectivity index (χ3v) is 3.31. The van der Waals surface area contributed by atoms with Gasteiger partial charge in [0.1, 0.15) is 0 Å². The number of nitrogens with two attached hydrogens (primary N) is 1. The molecular weight excluding hydrogens is 264 g/mol. The SMILES string of the molecule is Nc1ccc(Cl)cc1-c1cccc(Cl)c1Cl. The molecule has 0 unspecified atom stereocenters. The maximum atomic E-state index is 6.12. The van der Waals surface area contributed by atoms with E-state index in [0.717, 1.165) is 11.1 Å². The van der Waals surface area contributed by atoms with Crippen LogP contribution in [-0.2, 0) is 0 Å². The van der Waals surface area contributed by atoms with Crippen molar-refractivity contribution >= 4 is 40.5 Å². The molecule has 0 aliphatic rings. The normalized spacial score (nSPS) is 10.4. The number of rotatable bonds is 1. The molecule has 2 aromatic rings. The van der Waals surface area contributed by atoms with Crippen LogP contribution in [0.1, 0.15) is 0 Å². The summed E-state index contributed by atoms with van der Waals surface area (Å²) in [4.78, 5) is 0. The van der Waals surface area contributed by atoms with Gasteiger partial charge in [-0.2, -0.15) is 0 Å². The summed E-state index contributed by atoms with van der Waals surface area (Å²) in [5, 5.41) is 1.59. The highest BCUT2D eigenvalue weighted by molar-refractivity contribution is 6.43. The molecule has 0 aliphatic carbocycles. The lowest BCUT2D eigenvalue weighted by atomic mass is 10.0. The number of nitrogen functional groups attached to an aromatic ring is 1. The van der Waals surface area contributed by atoms with E-state index in [1.54, 1.807) is 24.3 Å². The molecule has 0 spiro atoms. The van der Waals surface area contributed by atoms with Crippen LogP contribution in [0.5, 0.6) is 0 Å².